The SMILES string of the molecule is COC(=O)C(OC(=O)c1ccc2c(c1)OCO2)c1ccccc1. The lowest BCUT2D eigenvalue weighted by molar-refractivity contribution is -0.151. The van der Waals surface area contributed by atoms with Crippen LogP contribution in [-0.2, 0) is 14.3 Å². The fraction of sp³-hybridized carbons (Fsp3) is 0.176. The molecule has 0 spiro atoms. The number of carbonyl (C=O) groups is 2. The number of rotatable bonds is 4. The van der Waals surface area contributed by atoms with Crippen LogP contribution in [0, 0.1) is 0 Å². The summed E-state index contributed by atoms with van der Waals surface area (Å²) in [4.78, 5) is 24.2. The van der Waals surface area contributed by atoms with E-state index < -0.39 is 18.0 Å². The minimum atomic E-state index is -1.13. The van der Waals surface area contributed by atoms with Crippen LogP contribution >= 0.6 is 0 Å². The highest BCUT2D eigenvalue weighted by atomic mass is 16.7. The number of fused-ring (bicyclic) bond motifs is 1. The normalized spacial score (nSPS) is 13.3. The van der Waals surface area contributed by atoms with Crippen LogP contribution in [0.1, 0.15) is 22.0 Å². The van der Waals surface area contributed by atoms with Gasteiger partial charge in [0.2, 0.25) is 12.9 Å². The van der Waals surface area contributed by atoms with E-state index in [4.69, 9.17) is 18.9 Å². The molecule has 0 saturated carbocycles. The van der Waals surface area contributed by atoms with Gasteiger partial charge >= 0.3 is 11.9 Å². The van der Waals surface area contributed by atoms with Crippen LogP contribution in [0.15, 0.2) is 48.5 Å². The highest BCUT2D eigenvalue weighted by molar-refractivity contribution is 5.92. The monoisotopic (exact) mass is 314 g/mol. The second kappa shape index (κ2) is 6.39. The molecule has 0 saturated heterocycles. The Morgan fingerprint density at radius 1 is 1.04 bits per heavy atom. The minimum absolute atomic E-state index is 0.114. The van der Waals surface area contributed by atoms with Crippen LogP contribution in [-0.4, -0.2) is 25.8 Å². The van der Waals surface area contributed by atoms with Gasteiger partial charge in [-0.15, -0.1) is 0 Å². The number of carbonyl (C=O) groups excluding carboxylic acids is 2. The Kier molecular flexibility index (Phi) is 4.14. The molecule has 1 aliphatic rings. The average molecular weight is 314 g/mol. The Labute approximate surface area is 132 Å². The van der Waals surface area contributed by atoms with Crippen molar-refractivity contribution in [3.8, 4) is 11.5 Å². The van der Waals surface area contributed by atoms with Gasteiger partial charge in [-0.05, 0) is 18.2 Å². The standard InChI is InChI=1S/C17H14O6/c1-20-17(19)15(11-5-3-2-4-6-11)23-16(18)12-7-8-13-14(9-12)22-10-21-13/h2-9,15H,10H2,1H3. The van der Waals surface area contributed by atoms with Crippen LogP contribution in [0.4, 0.5) is 0 Å². The molecule has 0 radical (unpaired) electrons. The van der Waals surface area contributed by atoms with E-state index in [-0.39, 0.29) is 12.4 Å². The van der Waals surface area contributed by atoms with Crippen LogP contribution in [0.25, 0.3) is 0 Å². The van der Waals surface area contributed by atoms with Gasteiger partial charge in [0.05, 0.1) is 12.7 Å². The number of ether oxygens (including phenoxy) is 4. The topological polar surface area (TPSA) is 71.1 Å². The van der Waals surface area contributed by atoms with Crippen molar-refractivity contribution in [3.63, 3.8) is 0 Å². The van der Waals surface area contributed by atoms with E-state index in [9.17, 15) is 9.59 Å². The van der Waals surface area contributed by atoms with Crippen LogP contribution < -0.4 is 9.47 Å². The molecule has 0 aliphatic carbocycles. The molecule has 2 aromatic carbocycles. The Morgan fingerprint density at radius 2 is 1.78 bits per heavy atom. The highest BCUT2D eigenvalue weighted by Crippen LogP contribution is 2.33. The molecule has 0 bridgehead atoms. The molecule has 3 rings (SSSR count). The van der Waals surface area contributed by atoms with Crippen LogP contribution in [0.3, 0.4) is 0 Å². The van der Waals surface area contributed by atoms with Gasteiger partial charge in [-0.1, -0.05) is 30.3 Å². The maximum absolute atomic E-state index is 12.3. The first-order chi connectivity index (χ1) is 11.2. The zero-order valence-electron chi connectivity index (χ0n) is 12.4. The molecule has 1 heterocycles. The Hall–Kier alpha value is -3.02. The lowest BCUT2D eigenvalue weighted by Gasteiger charge is -2.16. The summed E-state index contributed by atoms with van der Waals surface area (Å²) in [5, 5.41) is 0. The molecule has 118 valence electrons. The lowest BCUT2D eigenvalue weighted by atomic mass is 10.1. The minimum Gasteiger partial charge on any atom is -0.466 e. The first-order valence-electron chi connectivity index (χ1n) is 6.92. The molecule has 1 unspecified atom stereocenters. The number of hydrogen-bond donors (Lipinski definition) is 0. The average Bonchev–Trinajstić information content (AvgIpc) is 3.07. The smallest absolute Gasteiger partial charge is 0.351 e. The van der Waals surface area contributed by atoms with Gasteiger partial charge in [0.15, 0.2) is 11.5 Å². The summed E-state index contributed by atoms with van der Waals surface area (Å²) in [5.41, 5.74) is 0.799. The van der Waals surface area contributed by atoms with Gasteiger partial charge in [0.1, 0.15) is 0 Å². The van der Waals surface area contributed by atoms with E-state index in [1.54, 1.807) is 42.5 Å². The second-order valence-corrected chi connectivity index (χ2v) is 4.79. The van der Waals surface area contributed by atoms with Crippen molar-refractivity contribution in [3.05, 3.63) is 59.7 Å². The van der Waals surface area contributed by atoms with Crippen molar-refractivity contribution < 1.29 is 28.5 Å². The van der Waals surface area contributed by atoms with Crippen LogP contribution in [0.5, 0.6) is 11.5 Å². The van der Waals surface area contributed by atoms with E-state index in [0.29, 0.717) is 17.1 Å². The summed E-state index contributed by atoms with van der Waals surface area (Å²) in [6, 6.07) is 13.4. The molecular formula is C17H14O6. The lowest BCUT2D eigenvalue weighted by Crippen LogP contribution is -2.21. The Morgan fingerprint density at radius 3 is 2.52 bits per heavy atom. The van der Waals surface area contributed by atoms with Gasteiger partial charge in [-0.3, -0.25) is 0 Å². The summed E-state index contributed by atoms with van der Waals surface area (Å²) in [5.74, 6) is -0.268. The zero-order valence-corrected chi connectivity index (χ0v) is 12.4. The van der Waals surface area contributed by atoms with Crippen molar-refractivity contribution in [2.45, 2.75) is 6.10 Å². The van der Waals surface area contributed by atoms with E-state index in [1.165, 1.54) is 13.2 Å². The zero-order chi connectivity index (χ0) is 16.2. The van der Waals surface area contributed by atoms with Crippen molar-refractivity contribution in [1.82, 2.24) is 0 Å². The molecule has 6 heteroatoms. The molecule has 0 aromatic heterocycles. The third kappa shape index (κ3) is 3.11. The summed E-state index contributed by atoms with van der Waals surface area (Å²) in [6.45, 7) is 0.114. The summed E-state index contributed by atoms with van der Waals surface area (Å²) >= 11 is 0. The second-order valence-electron chi connectivity index (χ2n) is 4.79. The molecule has 1 atom stereocenters. The number of hydrogen-bond acceptors (Lipinski definition) is 6. The van der Waals surface area contributed by atoms with E-state index in [2.05, 4.69) is 0 Å². The van der Waals surface area contributed by atoms with E-state index in [0.717, 1.165) is 0 Å². The molecular weight excluding hydrogens is 300 g/mol. The molecule has 2 aromatic rings. The summed E-state index contributed by atoms with van der Waals surface area (Å²) in [6.07, 6.45) is -1.13. The number of benzene rings is 2. The van der Waals surface area contributed by atoms with Gasteiger partial charge in [-0.2, -0.15) is 0 Å². The van der Waals surface area contributed by atoms with Gasteiger partial charge in [-0.25, -0.2) is 9.59 Å². The third-order valence-electron chi connectivity index (χ3n) is 3.35. The largest absolute Gasteiger partial charge is 0.466 e. The van der Waals surface area contributed by atoms with Crippen LogP contribution in [0.2, 0.25) is 0 Å². The Bertz CT molecular complexity index is 725. The quantitative estimate of drug-likeness (QED) is 0.807. The summed E-state index contributed by atoms with van der Waals surface area (Å²) < 4.78 is 20.5. The first-order valence-corrected chi connectivity index (χ1v) is 6.92. The van der Waals surface area contributed by atoms with E-state index in [1.807, 2.05) is 0 Å². The predicted octanol–water partition coefficient (Wildman–Crippen LogP) is 2.49. The number of methoxy groups -OCH3 is 1. The molecule has 0 fully saturated rings. The third-order valence-corrected chi connectivity index (χ3v) is 3.35. The molecule has 23 heavy (non-hydrogen) atoms. The first kappa shape index (κ1) is 14.9. The molecule has 0 N–H and O–H groups in total. The van der Waals surface area contributed by atoms with Crippen molar-refractivity contribution in [2.24, 2.45) is 0 Å². The predicted molar refractivity (Wildman–Crippen MR) is 79.2 cm³/mol. The van der Waals surface area contributed by atoms with Crippen molar-refractivity contribution in [2.75, 3.05) is 13.9 Å². The fourth-order valence-corrected chi connectivity index (χ4v) is 2.19. The number of esters is 2. The maximum atomic E-state index is 12.3. The maximum Gasteiger partial charge on any atom is 0.351 e. The highest BCUT2D eigenvalue weighted by Gasteiger charge is 2.27. The summed E-state index contributed by atoms with van der Waals surface area (Å²) in [7, 11) is 1.24. The van der Waals surface area contributed by atoms with Gasteiger partial charge in [0, 0.05) is 5.56 Å². The fourth-order valence-electron chi connectivity index (χ4n) is 2.19. The van der Waals surface area contributed by atoms with Gasteiger partial charge in [0.25, 0.3) is 0 Å². The molecule has 1 aliphatic heterocycles. The molecule has 0 amide bonds. The van der Waals surface area contributed by atoms with Gasteiger partial charge < -0.3 is 18.9 Å². The van der Waals surface area contributed by atoms with Crippen molar-refractivity contribution in [1.29, 1.82) is 0 Å². The van der Waals surface area contributed by atoms with E-state index >= 15 is 0 Å². The Balaban J connectivity index is 1.82. The van der Waals surface area contributed by atoms with Crippen molar-refractivity contribution >= 4 is 11.9 Å². The molecule has 6 nitrogen and oxygen atoms in total.